The molecule has 0 aliphatic carbocycles. The van der Waals surface area contributed by atoms with Crippen LogP contribution in [0.2, 0.25) is 0 Å². The zero-order chi connectivity index (χ0) is 21.3. The minimum atomic E-state index is -0.0523. The molecule has 0 saturated carbocycles. The second kappa shape index (κ2) is 8.49. The molecule has 0 radical (unpaired) electrons. The SMILES string of the molecule is COc1ccc2nc(SCc3csc(N(C(C)=O)c4cccc(C)c4C)n3)[nH]c2c1. The Morgan fingerprint density at radius 2 is 2.07 bits per heavy atom. The molecule has 30 heavy (non-hydrogen) atoms. The summed E-state index contributed by atoms with van der Waals surface area (Å²) in [6.45, 7) is 5.64. The number of anilines is 2. The van der Waals surface area contributed by atoms with Crippen LogP contribution in [-0.2, 0) is 10.5 Å². The lowest BCUT2D eigenvalue weighted by molar-refractivity contribution is -0.115. The molecule has 8 heteroatoms. The van der Waals surface area contributed by atoms with E-state index in [9.17, 15) is 4.79 Å². The Labute approximate surface area is 183 Å². The first-order valence-corrected chi connectivity index (χ1v) is 11.3. The summed E-state index contributed by atoms with van der Waals surface area (Å²) in [5.74, 6) is 1.40. The van der Waals surface area contributed by atoms with E-state index in [4.69, 9.17) is 9.72 Å². The largest absolute Gasteiger partial charge is 0.497 e. The molecule has 154 valence electrons. The van der Waals surface area contributed by atoms with Gasteiger partial charge in [0.25, 0.3) is 0 Å². The lowest BCUT2D eigenvalue weighted by atomic mass is 10.1. The van der Waals surface area contributed by atoms with Crippen molar-refractivity contribution in [1.82, 2.24) is 15.0 Å². The molecule has 0 saturated heterocycles. The average Bonchev–Trinajstić information content (AvgIpc) is 3.35. The lowest BCUT2D eigenvalue weighted by Crippen LogP contribution is -2.23. The number of amides is 1. The molecule has 0 spiro atoms. The van der Waals surface area contributed by atoms with Crippen LogP contribution >= 0.6 is 23.1 Å². The van der Waals surface area contributed by atoms with Crippen molar-refractivity contribution in [1.29, 1.82) is 0 Å². The fourth-order valence-electron chi connectivity index (χ4n) is 3.15. The Morgan fingerprint density at radius 1 is 1.23 bits per heavy atom. The van der Waals surface area contributed by atoms with Gasteiger partial charge in [0.1, 0.15) is 5.75 Å². The van der Waals surface area contributed by atoms with Gasteiger partial charge in [-0.2, -0.15) is 0 Å². The second-order valence-electron chi connectivity index (χ2n) is 6.91. The van der Waals surface area contributed by atoms with E-state index < -0.39 is 0 Å². The molecule has 0 bridgehead atoms. The van der Waals surface area contributed by atoms with Crippen molar-refractivity contribution in [2.24, 2.45) is 0 Å². The minimum Gasteiger partial charge on any atom is -0.497 e. The molecular formula is C22H22N4O2S2. The Morgan fingerprint density at radius 3 is 2.83 bits per heavy atom. The molecule has 2 aromatic carbocycles. The molecule has 0 aliphatic heterocycles. The molecule has 2 heterocycles. The number of hydrogen-bond donors (Lipinski definition) is 1. The van der Waals surface area contributed by atoms with Crippen molar-refractivity contribution in [3.8, 4) is 5.75 Å². The number of carbonyl (C=O) groups excluding carboxylic acids is 1. The standard InChI is InChI=1S/C22H22N4O2S2/c1-13-6-5-7-20(14(13)2)26(15(3)27)22-23-16(12-30-22)11-29-21-24-18-9-8-17(28-4)10-19(18)25-21/h5-10,12H,11H2,1-4H3,(H,24,25). The third-order valence-corrected chi connectivity index (χ3v) is 6.67. The summed E-state index contributed by atoms with van der Waals surface area (Å²) in [5, 5.41) is 3.50. The van der Waals surface area contributed by atoms with Gasteiger partial charge in [0.15, 0.2) is 10.3 Å². The Balaban J connectivity index is 1.53. The van der Waals surface area contributed by atoms with E-state index in [0.29, 0.717) is 10.9 Å². The van der Waals surface area contributed by atoms with Gasteiger partial charge < -0.3 is 9.72 Å². The van der Waals surface area contributed by atoms with Crippen molar-refractivity contribution in [3.63, 3.8) is 0 Å². The van der Waals surface area contributed by atoms with E-state index in [0.717, 1.165) is 44.4 Å². The van der Waals surface area contributed by atoms with E-state index in [1.54, 1.807) is 30.7 Å². The molecule has 2 aromatic heterocycles. The first kappa shape index (κ1) is 20.4. The van der Waals surface area contributed by atoms with Crippen LogP contribution in [0.1, 0.15) is 23.7 Å². The van der Waals surface area contributed by atoms with Crippen molar-refractivity contribution >= 4 is 50.9 Å². The topological polar surface area (TPSA) is 71.1 Å². The minimum absolute atomic E-state index is 0.0523. The molecule has 4 aromatic rings. The maximum absolute atomic E-state index is 12.4. The van der Waals surface area contributed by atoms with Crippen LogP contribution < -0.4 is 9.64 Å². The first-order valence-electron chi connectivity index (χ1n) is 9.44. The highest BCUT2D eigenvalue weighted by Crippen LogP contribution is 2.34. The molecule has 6 nitrogen and oxygen atoms in total. The van der Waals surface area contributed by atoms with Gasteiger partial charge in [0.05, 0.1) is 29.5 Å². The van der Waals surface area contributed by atoms with Crippen LogP contribution in [0.15, 0.2) is 46.9 Å². The van der Waals surface area contributed by atoms with Gasteiger partial charge in [-0.1, -0.05) is 23.9 Å². The first-order chi connectivity index (χ1) is 14.5. The van der Waals surface area contributed by atoms with Crippen molar-refractivity contribution in [3.05, 3.63) is 58.6 Å². The quantitative estimate of drug-likeness (QED) is 0.396. The maximum Gasteiger partial charge on any atom is 0.230 e. The van der Waals surface area contributed by atoms with Crippen LogP contribution in [0, 0.1) is 13.8 Å². The van der Waals surface area contributed by atoms with Gasteiger partial charge in [-0.3, -0.25) is 9.69 Å². The number of aryl methyl sites for hydroxylation is 1. The van der Waals surface area contributed by atoms with E-state index in [1.165, 1.54) is 11.3 Å². The maximum atomic E-state index is 12.4. The smallest absolute Gasteiger partial charge is 0.230 e. The molecule has 1 amide bonds. The molecule has 0 aliphatic rings. The molecule has 0 fully saturated rings. The summed E-state index contributed by atoms with van der Waals surface area (Å²) in [5.41, 5.74) is 5.85. The zero-order valence-electron chi connectivity index (χ0n) is 17.2. The number of fused-ring (bicyclic) bond motifs is 1. The number of imidazole rings is 1. The highest BCUT2D eigenvalue weighted by atomic mass is 32.2. The number of H-pyrrole nitrogens is 1. The van der Waals surface area contributed by atoms with Crippen molar-refractivity contribution in [2.45, 2.75) is 31.7 Å². The summed E-state index contributed by atoms with van der Waals surface area (Å²) in [6.07, 6.45) is 0. The van der Waals surface area contributed by atoms with Crippen molar-refractivity contribution < 1.29 is 9.53 Å². The number of rotatable bonds is 6. The zero-order valence-corrected chi connectivity index (χ0v) is 18.9. The number of aromatic amines is 1. The fraction of sp³-hybridized carbons (Fsp3) is 0.227. The normalized spacial score (nSPS) is 11.1. The Kier molecular flexibility index (Phi) is 5.78. The molecule has 0 atom stereocenters. The van der Waals surface area contributed by atoms with E-state index >= 15 is 0 Å². The van der Waals surface area contributed by atoms with Crippen LogP contribution in [0.25, 0.3) is 11.0 Å². The predicted molar refractivity (Wildman–Crippen MR) is 123 cm³/mol. The monoisotopic (exact) mass is 438 g/mol. The summed E-state index contributed by atoms with van der Waals surface area (Å²) in [4.78, 5) is 26.7. The van der Waals surface area contributed by atoms with Crippen LogP contribution in [-0.4, -0.2) is 28.0 Å². The third-order valence-electron chi connectivity index (χ3n) is 4.89. The van der Waals surface area contributed by atoms with Gasteiger partial charge in [-0.05, 0) is 43.2 Å². The lowest BCUT2D eigenvalue weighted by Gasteiger charge is -2.21. The second-order valence-corrected chi connectivity index (χ2v) is 8.71. The Hall–Kier alpha value is -2.84. The van der Waals surface area contributed by atoms with E-state index in [1.807, 2.05) is 55.6 Å². The van der Waals surface area contributed by atoms with Gasteiger partial charge >= 0.3 is 0 Å². The summed E-state index contributed by atoms with van der Waals surface area (Å²) < 4.78 is 5.26. The number of ether oxygens (including phenoxy) is 1. The van der Waals surface area contributed by atoms with Crippen LogP contribution in [0.5, 0.6) is 5.75 Å². The molecule has 4 rings (SSSR count). The number of methoxy groups -OCH3 is 1. The average molecular weight is 439 g/mol. The van der Waals surface area contributed by atoms with Gasteiger partial charge in [0.2, 0.25) is 5.91 Å². The summed E-state index contributed by atoms with van der Waals surface area (Å²) in [6, 6.07) is 11.7. The molecule has 1 N–H and O–H groups in total. The summed E-state index contributed by atoms with van der Waals surface area (Å²) in [7, 11) is 1.65. The van der Waals surface area contributed by atoms with Gasteiger partial charge in [-0.25, -0.2) is 9.97 Å². The van der Waals surface area contributed by atoms with E-state index in [-0.39, 0.29) is 5.91 Å². The third kappa shape index (κ3) is 4.06. The molecular weight excluding hydrogens is 416 g/mol. The number of thioether (sulfide) groups is 1. The number of hydrogen-bond acceptors (Lipinski definition) is 6. The van der Waals surface area contributed by atoms with Gasteiger partial charge in [-0.15, -0.1) is 11.3 Å². The predicted octanol–water partition coefficient (Wildman–Crippen LogP) is 5.62. The number of nitrogens with zero attached hydrogens (tertiary/aromatic N) is 3. The highest BCUT2D eigenvalue weighted by Gasteiger charge is 2.20. The number of carbonyl (C=O) groups is 1. The number of aromatic nitrogens is 3. The Bertz CT molecular complexity index is 1220. The van der Waals surface area contributed by atoms with Crippen LogP contribution in [0.4, 0.5) is 10.8 Å². The molecule has 0 unspecified atom stereocenters. The number of thiazole rings is 1. The van der Waals surface area contributed by atoms with Gasteiger partial charge in [0, 0.05) is 24.1 Å². The number of nitrogens with one attached hydrogen (secondary N) is 1. The highest BCUT2D eigenvalue weighted by molar-refractivity contribution is 7.98. The van der Waals surface area contributed by atoms with E-state index in [2.05, 4.69) is 9.97 Å². The van der Waals surface area contributed by atoms with Crippen LogP contribution in [0.3, 0.4) is 0 Å². The number of benzene rings is 2. The fourth-order valence-corrected chi connectivity index (χ4v) is 4.92. The van der Waals surface area contributed by atoms with Crippen molar-refractivity contribution in [2.75, 3.05) is 12.0 Å². The summed E-state index contributed by atoms with van der Waals surface area (Å²) >= 11 is 3.05.